The van der Waals surface area contributed by atoms with Crippen molar-refractivity contribution >= 4 is 34.4 Å². The number of aromatic amines is 1. The third-order valence-electron chi connectivity index (χ3n) is 5.72. The molecular weight excluding hydrogens is 429 g/mol. The largest absolute Gasteiger partial charge is 0.353 e. The molecule has 2 aromatic heterocycles. The molecule has 6 nitrogen and oxygen atoms in total. The minimum Gasteiger partial charge on any atom is -0.353 e. The van der Waals surface area contributed by atoms with E-state index in [-0.39, 0.29) is 18.1 Å². The predicted molar refractivity (Wildman–Crippen MR) is 123 cm³/mol. The molecule has 5 rings (SSSR count). The van der Waals surface area contributed by atoms with Gasteiger partial charge in [0.05, 0.1) is 17.5 Å². The molecule has 3 heterocycles. The first-order valence-electron chi connectivity index (χ1n) is 10.4. The molecule has 1 saturated heterocycles. The van der Waals surface area contributed by atoms with Gasteiger partial charge in [0.1, 0.15) is 17.5 Å². The molecule has 0 saturated carbocycles. The number of imidazole rings is 1. The van der Waals surface area contributed by atoms with Crippen molar-refractivity contribution < 1.29 is 9.18 Å². The van der Waals surface area contributed by atoms with Crippen molar-refractivity contribution in [2.75, 3.05) is 31.1 Å². The van der Waals surface area contributed by atoms with E-state index in [1.807, 2.05) is 30.3 Å². The zero-order chi connectivity index (χ0) is 22.1. The lowest BCUT2D eigenvalue weighted by molar-refractivity contribution is -0.130. The molecule has 162 valence electrons. The van der Waals surface area contributed by atoms with E-state index in [4.69, 9.17) is 11.6 Å². The number of nitrogens with zero attached hydrogens (tertiary/aromatic N) is 4. The number of carbonyl (C=O) groups is 1. The first kappa shape index (κ1) is 20.5. The summed E-state index contributed by atoms with van der Waals surface area (Å²) in [5.41, 5.74) is 3.06. The van der Waals surface area contributed by atoms with E-state index in [0.717, 1.165) is 28.2 Å². The van der Waals surface area contributed by atoms with Crippen LogP contribution in [-0.2, 0) is 11.2 Å². The fourth-order valence-corrected chi connectivity index (χ4v) is 4.11. The number of H-pyrrole nitrogens is 1. The van der Waals surface area contributed by atoms with Crippen molar-refractivity contribution in [3.05, 3.63) is 77.2 Å². The third kappa shape index (κ3) is 4.16. The Kier molecular flexibility index (Phi) is 5.49. The predicted octanol–water partition coefficient (Wildman–Crippen LogP) is 4.31. The SMILES string of the molecule is O=C(Cc1ccccc1F)N1CCN(c2ccc(-c3nc4ccc(Cl)cc4[nH]3)cn2)CC1. The number of aromatic nitrogens is 3. The van der Waals surface area contributed by atoms with Crippen LogP contribution in [0.4, 0.5) is 10.2 Å². The average Bonchev–Trinajstić information content (AvgIpc) is 3.24. The molecule has 1 amide bonds. The van der Waals surface area contributed by atoms with E-state index in [9.17, 15) is 9.18 Å². The fourth-order valence-electron chi connectivity index (χ4n) is 3.93. The van der Waals surface area contributed by atoms with Crippen molar-refractivity contribution in [2.24, 2.45) is 0 Å². The highest BCUT2D eigenvalue weighted by atomic mass is 35.5. The molecule has 32 heavy (non-hydrogen) atoms. The van der Waals surface area contributed by atoms with Gasteiger partial charge in [0.15, 0.2) is 0 Å². The van der Waals surface area contributed by atoms with Gasteiger partial charge in [-0.3, -0.25) is 4.79 Å². The number of halogens is 2. The number of carbonyl (C=O) groups excluding carboxylic acids is 1. The van der Waals surface area contributed by atoms with Gasteiger partial charge in [-0.1, -0.05) is 29.8 Å². The van der Waals surface area contributed by atoms with Gasteiger partial charge in [0.2, 0.25) is 5.91 Å². The summed E-state index contributed by atoms with van der Waals surface area (Å²) >= 11 is 6.05. The lowest BCUT2D eigenvalue weighted by Gasteiger charge is -2.35. The number of pyridine rings is 1. The van der Waals surface area contributed by atoms with Crippen LogP contribution in [-0.4, -0.2) is 51.9 Å². The lowest BCUT2D eigenvalue weighted by Crippen LogP contribution is -2.49. The van der Waals surface area contributed by atoms with Crippen molar-refractivity contribution in [1.29, 1.82) is 0 Å². The maximum absolute atomic E-state index is 13.8. The Balaban J connectivity index is 1.22. The first-order chi connectivity index (χ1) is 15.6. The van der Waals surface area contributed by atoms with Crippen LogP contribution in [0.3, 0.4) is 0 Å². The second-order valence-corrected chi connectivity index (χ2v) is 8.22. The molecule has 0 unspecified atom stereocenters. The first-order valence-corrected chi connectivity index (χ1v) is 10.8. The van der Waals surface area contributed by atoms with Gasteiger partial charge < -0.3 is 14.8 Å². The molecule has 8 heteroatoms. The molecule has 1 aliphatic rings. The molecule has 1 fully saturated rings. The Morgan fingerprint density at radius 3 is 2.62 bits per heavy atom. The molecule has 2 aromatic carbocycles. The van der Waals surface area contributed by atoms with Crippen molar-refractivity contribution in [3.63, 3.8) is 0 Å². The highest BCUT2D eigenvalue weighted by Crippen LogP contribution is 2.24. The fraction of sp³-hybridized carbons (Fsp3) is 0.208. The quantitative estimate of drug-likeness (QED) is 0.504. The summed E-state index contributed by atoms with van der Waals surface area (Å²) in [6, 6.07) is 15.9. The number of benzene rings is 2. The highest BCUT2D eigenvalue weighted by molar-refractivity contribution is 6.31. The van der Waals surface area contributed by atoms with E-state index in [1.54, 1.807) is 29.3 Å². The zero-order valence-corrected chi connectivity index (χ0v) is 18.0. The van der Waals surface area contributed by atoms with Crippen LogP contribution in [0.5, 0.6) is 0 Å². The van der Waals surface area contributed by atoms with E-state index in [1.165, 1.54) is 6.07 Å². The van der Waals surface area contributed by atoms with E-state index >= 15 is 0 Å². The van der Waals surface area contributed by atoms with E-state index in [2.05, 4.69) is 19.9 Å². The average molecular weight is 450 g/mol. The Hall–Kier alpha value is -3.45. The van der Waals surface area contributed by atoms with Crippen molar-refractivity contribution in [2.45, 2.75) is 6.42 Å². The second kappa shape index (κ2) is 8.59. The number of piperazine rings is 1. The van der Waals surface area contributed by atoms with E-state index in [0.29, 0.717) is 36.8 Å². The molecule has 4 aromatic rings. The van der Waals surface area contributed by atoms with E-state index < -0.39 is 0 Å². The molecule has 0 radical (unpaired) electrons. The van der Waals surface area contributed by atoms with Gasteiger partial charge in [-0.25, -0.2) is 14.4 Å². The molecule has 0 spiro atoms. The zero-order valence-electron chi connectivity index (χ0n) is 17.3. The monoisotopic (exact) mass is 449 g/mol. The number of nitrogens with one attached hydrogen (secondary N) is 1. The van der Waals surface area contributed by atoms with Crippen LogP contribution in [0.1, 0.15) is 5.56 Å². The number of fused-ring (bicyclic) bond motifs is 1. The maximum atomic E-state index is 13.8. The Labute approximate surface area is 189 Å². The summed E-state index contributed by atoms with van der Waals surface area (Å²) in [5.74, 6) is 1.21. The number of anilines is 1. The van der Waals surface area contributed by atoms with Crippen LogP contribution < -0.4 is 4.90 Å². The standard InChI is InChI=1S/C24H21ClFN5O/c25-18-6-7-20-21(14-18)29-24(28-20)17-5-8-22(27-15-17)30-9-11-31(12-10-30)23(32)13-16-3-1-2-4-19(16)26/h1-8,14-15H,9-13H2,(H,28,29). The van der Waals surface area contributed by atoms with Gasteiger partial charge in [0.25, 0.3) is 0 Å². The van der Waals surface area contributed by atoms with Crippen LogP contribution in [0.25, 0.3) is 22.4 Å². The summed E-state index contributed by atoms with van der Waals surface area (Å²) in [4.78, 5) is 29.0. The summed E-state index contributed by atoms with van der Waals surface area (Å²) in [5, 5.41) is 0.660. The third-order valence-corrected chi connectivity index (χ3v) is 5.96. The maximum Gasteiger partial charge on any atom is 0.227 e. The summed E-state index contributed by atoms with van der Waals surface area (Å²) in [6.45, 7) is 2.53. The van der Waals surface area contributed by atoms with Gasteiger partial charge in [-0.2, -0.15) is 0 Å². The smallest absolute Gasteiger partial charge is 0.227 e. The topological polar surface area (TPSA) is 65.1 Å². The molecular formula is C24H21ClFN5O. The van der Waals surface area contributed by atoms with Gasteiger partial charge in [-0.05, 0) is 42.0 Å². The van der Waals surface area contributed by atoms with Crippen LogP contribution in [0, 0.1) is 5.82 Å². The van der Waals surface area contributed by atoms with Crippen LogP contribution in [0.2, 0.25) is 5.02 Å². The van der Waals surface area contributed by atoms with Gasteiger partial charge in [0, 0.05) is 43.0 Å². The van der Waals surface area contributed by atoms with Gasteiger partial charge >= 0.3 is 0 Å². The number of amides is 1. The number of hydrogen-bond acceptors (Lipinski definition) is 4. The lowest BCUT2D eigenvalue weighted by atomic mass is 10.1. The molecule has 0 aliphatic carbocycles. The molecule has 0 atom stereocenters. The Bertz CT molecular complexity index is 1270. The normalized spacial score (nSPS) is 14.2. The minimum absolute atomic E-state index is 0.0527. The summed E-state index contributed by atoms with van der Waals surface area (Å²) < 4.78 is 13.8. The molecule has 1 N–H and O–H groups in total. The highest BCUT2D eigenvalue weighted by Gasteiger charge is 2.22. The second-order valence-electron chi connectivity index (χ2n) is 7.79. The molecule has 0 bridgehead atoms. The van der Waals surface area contributed by atoms with Crippen molar-refractivity contribution in [1.82, 2.24) is 19.9 Å². The Morgan fingerprint density at radius 1 is 1.06 bits per heavy atom. The Morgan fingerprint density at radius 2 is 1.88 bits per heavy atom. The summed E-state index contributed by atoms with van der Waals surface area (Å²) in [6.07, 6.45) is 1.88. The number of hydrogen-bond donors (Lipinski definition) is 1. The van der Waals surface area contributed by atoms with Crippen LogP contribution >= 0.6 is 11.6 Å². The number of rotatable bonds is 4. The summed E-state index contributed by atoms with van der Waals surface area (Å²) in [7, 11) is 0. The van der Waals surface area contributed by atoms with Crippen LogP contribution in [0.15, 0.2) is 60.8 Å². The van der Waals surface area contributed by atoms with Gasteiger partial charge in [-0.15, -0.1) is 0 Å². The van der Waals surface area contributed by atoms with Crippen molar-refractivity contribution in [3.8, 4) is 11.4 Å². The minimum atomic E-state index is -0.337. The molecule has 1 aliphatic heterocycles.